The molecule has 228 valence electrons. The van der Waals surface area contributed by atoms with Crippen molar-refractivity contribution in [3.05, 3.63) is 100 Å². The molecule has 2 N–H and O–H groups in total. The average molecular weight is 611 g/mol. The van der Waals surface area contributed by atoms with Crippen LogP contribution in [-0.2, 0) is 11.8 Å². The molecule has 2 aromatic heterocycles. The van der Waals surface area contributed by atoms with Gasteiger partial charge in [0.1, 0.15) is 11.0 Å². The monoisotopic (exact) mass is 610 g/mol. The van der Waals surface area contributed by atoms with Gasteiger partial charge in [-0.25, -0.2) is 14.5 Å². The van der Waals surface area contributed by atoms with Crippen LogP contribution in [0.5, 0.6) is 0 Å². The highest BCUT2D eigenvalue weighted by molar-refractivity contribution is 6.32. The summed E-state index contributed by atoms with van der Waals surface area (Å²) in [6, 6.07) is 21.7. The maximum absolute atomic E-state index is 13.3. The lowest BCUT2D eigenvalue weighted by Crippen LogP contribution is -2.47. The standard InChI is InChI=1S/C35H39ClN6O2/c1-22-10-12-26(13-11-22)42-31(21-30(40-42)35(2,3)4)39-34(44)38-25-8-5-7-23(18-25)17-24-19-27-14-15-28(20-24)41(27)33(43)29-9-6-16-37-32(29)36/h5-13,16,18,21,24,27-28H,14-15,17,19-20H2,1-4H3,(H2,38,39,44). The minimum atomic E-state index is -0.324. The minimum absolute atomic E-state index is 0.00963. The number of amides is 3. The number of pyridine rings is 1. The molecule has 9 heteroatoms. The first kappa shape index (κ1) is 29.9. The fourth-order valence-electron chi connectivity index (χ4n) is 6.58. The maximum Gasteiger partial charge on any atom is 0.324 e. The van der Waals surface area contributed by atoms with E-state index in [4.69, 9.17) is 16.7 Å². The SMILES string of the molecule is Cc1ccc(-n2nc(C(C)(C)C)cc2NC(=O)Nc2cccc(CC3CC4CCC(C3)N4C(=O)c3cccnc3Cl)c2)cc1. The van der Waals surface area contributed by atoms with Crippen molar-refractivity contribution in [2.24, 2.45) is 5.92 Å². The Kier molecular flexibility index (Phi) is 8.20. The largest absolute Gasteiger partial charge is 0.333 e. The molecule has 6 rings (SSSR count). The molecule has 0 aliphatic carbocycles. The number of rotatable bonds is 6. The summed E-state index contributed by atoms with van der Waals surface area (Å²) >= 11 is 6.25. The molecule has 2 fully saturated rings. The molecular formula is C35H39ClN6O2. The summed E-state index contributed by atoms with van der Waals surface area (Å²) in [5.41, 5.74) is 5.14. The molecule has 2 saturated heterocycles. The van der Waals surface area contributed by atoms with Crippen molar-refractivity contribution in [2.75, 3.05) is 10.6 Å². The first-order chi connectivity index (χ1) is 21.0. The van der Waals surface area contributed by atoms with E-state index in [1.807, 2.05) is 60.4 Å². The van der Waals surface area contributed by atoms with Gasteiger partial charge in [0, 0.05) is 35.4 Å². The lowest BCUT2D eigenvalue weighted by molar-refractivity contribution is 0.0524. The van der Waals surface area contributed by atoms with Crippen molar-refractivity contribution >= 4 is 35.0 Å². The third-order valence-electron chi connectivity index (χ3n) is 8.76. The maximum atomic E-state index is 13.3. The lowest BCUT2D eigenvalue weighted by Gasteiger charge is -2.39. The van der Waals surface area contributed by atoms with Crippen LogP contribution in [-0.4, -0.2) is 43.7 Å². The summed E-state index contributed by atoms with van der Waals surface area (Å²) in [7, 11) is 0. The number of nitrogens with one attached hydrogen (secondary N) is 2. The van der Waals surface area contributed by atoms with E-state index >= 15 is 0 Å². The number of aromatic nitrogens is 3. The highest BCUT2D eigenvalue weighted by atomic mass is 35.5. The second-order valence-corrected chi connectivity index (χ2v) is 13.5. The predicted molar refractivity (Wildman–Crippen MR) is 175 cm³/mol. The summed E-state index contributed by atoms with van der Waals surface area (Å²) in [5.74, 6) is 1.06. The molecule has 2 atom stereocenters. The van der Waals surface area contributed by atoms with Crippen molar-refractivity contribution < 1.29 is 9.59 Å². The van der Waals surface area contributed by atoms with Gasteiger partial charge in [0.15, 0.2) is 0 Å². The number of benzene rings is 2. The normalized spacial score (nSPS) is 19.6. The second-order valence-electron chi connectivity index (χ2n) is 13.2. The molecule has 4 heterocycles. The number of anilines is 2. The molecule has 44 heavy (non-hydrogen) atoms. The molecule has 4 aromatic rings. The minimum Gasteiger partial charge on any atom is -0.333 e. The smallest absolute Gasteiger partial charge is 0.324 e. The topological polar surface area (TPSA) is 92.2 Å². The van der Waals surface area contributed by atoms with Gasteiger partial charge in [-0.15, -0.1) is 0 Å². The number of hydrogen-bond donors (Lipinski definition) is 2. The number of carbonyl (C=O) groups is 2. The molecule has 8 nitrogen and oxygen atoms in total. The Labute approximate surface area is 263 Å². The quantitative estimate of drug-likeness (QED) is 0.218. The Bertz CT molecular complexity index is 1660. The van der Waals surface area contributed by atoms with Gasteiger partial charge < -0.3 is 10.2 Å². The molecule has 2 aromatic carbocycles. The van der Waals surface area contributed by atoms with Gasteiger partial charge in [-0.2, -0.15) is 5.10 Å². The van der Waals surface area contributed by atoms with Crippen LogP contribution in [0.15, 0.2) is 72.9 Å². The van der Waals surface area contributed by atoms with Gasteiger partial charge in [0.25, 0.3) is 5.91 Å². The number of piperidine rings is 1. The van der Waals surface area contributed by atoms with E-state index in [1.54, 1.807) is 23.0 Å². The van der Waals surface area contributed by atoms with E-state index in [-0.39, 0.29) is 34.6 Å². The lowest BCUT2D eigenvalue weighted by atomic mass is 9.85. The Morgan fingerprint density at radius 2 is 1.68 bits per heavy atom. The van der Waals surface area contributed by atoms with Gasteiger partial charge in [0.05, 0.1) is 16.9 Å². The zero-order valence-electron chi connectivity index (χ0n) is 25.7. The van der Waals surface area contributed by atoms with Gasteiger partial charge in [0.2, 0.25) is 0 Å². The Morgan fingerprint density at radius 1 is 0.955 bits per heavy atom. The first-order valence-electron chi connectivity index (χ1n) is 15.3. The summed E-state index contributed by atoms with van der Waals surface area (Å²) in [6.45, 7) is 8.36. The number of carbonyl (C=O) groups excluding carboxylic acids is 2. The van der Waals surface area contributed by atoms with Crippen LogP contribution >= 0.6 is 11.6 Å². The van der Waals surface area contributed by atoms with Crippen LogP contribution in [0, 0.1) is 12.8 Å². The van der Waals surface area contributed by atoms with Crippen molar-refractivity contribution in [1.29, 1.82) is 0 Å². The Hall–Kier alpha value is -4.17. The van der Waals surface area contributed by atoms with Crippen molar-refractivity contribution in [2.45, 2.75) is 77.3 Å². The van der Waals surface area contributed by atoms with E-state index < -0.39 is 0 Å². The summed E-state index contributed by atoms with van der Waals surface area (Å²) in [4.78, 5) is 32.7. The molecular weight excluding hydrogens is 572 g/mol. The number of fused-ring (bicyclic) bond motifs is 2. The van der Waals surface area contributed by atoms with Crippen molar-refractivity contribution in [1.82, 2.24) is 19.7 Å². The van der Waals surface area contributed by atoms with Crippen LogP contribution in [0.2, 0.25) is 5.15 Å². The molecule has 2 unspecified atom stereocenters. The highest BCUT2D eigenvalue weighted by Gasteiger charge is 2.43. The van der Waals surface area contributed by atoms with Crippen LogP contribution in [0.4, 0.5) is 16.3 Å². The number of hydrogen-bond acceptors (Lipinski definition) is 4. The molecule has 2 bridgehead atoms. The third kappa shape index (κ3) is 6.36. The fraction of sp³-hybridized carbons (Fsp3) is 0.371. The van der Waals surface area contributed by atoms with E-state index in [0.717, 1.165) is 54.7 Å². The average Bonchev–Trinajstić information content (AvgIpc) is 3.52. The van der Waals surface area contributed by atoms with Crippen LogP contribution in [0.1, 0.15) is 73.6 Å². The molecule has 0 radical (unpaired) electrons. The van der Waals surface area contributed by atoms with Crippen LogP contribution < -0.4 is 10.6 Å². The molecule has 2 aliphatic heterocycles. The molecule has 0 spiro atoms. The van der Waals surface area contributed by atoms with Crippen LogP contribution in [0.25, 0.3) is 5.69 Å². The zero-order chi connectivity index (χ0) is 31.0. The van der Waals surface area contributed by atoms with E-state index in [9.17, 15) is 9.59 Å². The summed E-state index contributed by atoms with van der Waals surface area (Å²) in [5, 5.41) is 11.1. The predicted octanol–water partition coefficient (Wildman–Crippen LogP) is 7.80. The summed E-state index contributed by atoms with van der Waals surface area (Å²) in [6.07, 6.45) is 6.45. The zero-order valence-corrected chi connectivity index (χ0v) is 26.4. The van der Waals surface area contributed by atoms with E-state index in [1.165, 1.54) is 5.56 Å². The van der Waals surface area contributed by atoms with Gasteiger partial charge in [-0.1, -0.05) is 62.2 Å². The van der Waals surface area contributed by atoms with Crippen molar-refractivity contribution in [3.63, 3.8) is 0 Å². The molecule has 0 saturated carbocycles. The molecule has 3 amide bonds. The second kappa shape index (κ2) is 12.1. The van der Waals surface area contributed by atoms with E-state index in [0.29, 0.717) is 17.3 Å². The van der Waals surface area contributed by atoms with E-state index in [2.05, 4.69) is 42.5 Å². The fourth-order valence-corrected chi connectivity index (χ4v) is 6.78. The number of aryl methyl sites for hydroxylation is 1. The Balaban J connectivity index is 1.11. The third-order valence-corrected chi connectivity index (χ3v) is 9.06. The number of halogens is 1. The number of nitrogens with zero attached hydrogens (tertiary/aromatic N) is 4. The highest BCUT2D eigenvalue weighted by Crippen LogP contribution is 2.41. The van der Waals surface area contributed by atoms with Gasteiger partial charge in [-0.3, -0.25) is 10.1 Å². The van der Waals surface area contributed by atoms with Crippen LogP contribution in [0.3, 0.4) is 0 Å². The van der Waals surface area contributed by atoms with Gasteiger partial charge >= 0.3 is 6.03 Å². The number of urea groups is 1. The first-order valence-corrected chi connectivity index (χ1v) is 15.7. The Morgan fingerprint density at radius 3 is 2.36 bits per heavy atom. The van der Waals surface area contributed by atoms with Gasteiger partial charge in [-0.05, 0) is 86.9 Å². The molecule has 2 aliphatic rings. The van der Waals surface area contributed by atoms with Crippen molar-refractivity contribution in [3.8, 4) is 5.69 Å². The summed E-state index contributed by atoms with van der Waals surface area (Å²) < 4.78 is 1.78.